The molecule has 1 saturated carbocycles. The molecule has 2 fully saturated rings. The number of rotatable bonds is 3. The predicted octanol–water partition coefficient (Wildman–Crippen LogP) is 2.19. The van der Waals surface area contributed by atoms with Gasteiger partial charge < -0.3 is 19.5 Å². The molecule has 0 aromatic heterocycles. The summed E-state index contributed by atoms with van der Waals surface area (Å²) in [6.45, 7) is 0.875. The average Bonchev–Trinajstić information content (AvgIpc) is 2.84. The molecule has 3 atom stereocenters. The topological polar surface area (TPSA) is 41.9 Å². The quantitative estimate of drug-likeness (QED) is 0.928. The Morgan fingerprint density at radius 3 is 2.90 bits per heavy atom. The molecule has 1 aromatic carbocycles. The highest BCUT2D eigenvalue weighted by atomic mass is 16.5. The zero-order chi connectivity index (χ0) is 20.0. The molecule has 1 heterocycles. The molecule has 1 saturated heterocycles. The number of fused-ring (bicyclic) bond motifs is 1. The van der Waals surface area contributed by atoms with Crippen molar-refractivity contribution in [1.29, 1.82) is 0 Å². The Balaban J connectivity index is 2.02. The van der Waals surface area contributed by atoms with Crippen LogP contribution in [0.15, 0.2) is 18.2 Å². The molecule has 0 radical (unpaired) electrons. The van der Waals surface area contributed by atoms with Crippen molar-refractivity contribution >= 4 is 0 Å². The minimum Gasteiger partial charge on any atom is -0.493 e. The van der Waals surface area contributed by atoms with Crippen LogP contribution in [0, 0.1) is 0 Å². The van der Waals surface area contributed by atoms with Crippen molar-refractivity contribution in [3.05, 3.63) is 23.8 Å². The molecule has 1 aliphatic heterocycles. The van der Waals surface area contributed by atoms with Gasteiger partial charge in [0, 0.05) is 11.5 Å². The summed E-state index contributed by atoms with van der Waals surface area (Å²) in [6.07, 6.45) is 2.64. The van der Waals surface area contributed by atoms with Gasteiger partial charge in [-0.2, -0.15) is 0 Å². The van der Waals surface area contributed by atoms with E-state index < -0.39 is 14.1 Å². The normalized spacial score (nSPS) is 38.2. The highest BCUT2D eigenvalue weighted by Crippen LogP contribution is 2.49. The molecule has 21 heavy (non-hydrogen) atoms. The van der Waals surface area contributed by atoms with Gasteiger partial charge in [0.25, 0.3) is 0 Å². The first kappa shape index (κ1) is 9.01. The second-order valence-electron chi connectivity index (χ2n) is 6.20. The number of methoxy groups -OCH3 is 2. The number of aliphatic hydroxyl groups is 1. The monoisotopic (exact) mass is 297 g/mol. The molecular formula is C17H25NO3. The minimum absolute atomic E-state index is 0.0996. The number of aliphatic hydroxyl groups excluding tert-OH is 1. The van der Waals surface area contributed by atoms with Crippen LogP contribution in [0.2, 0.25) is 0 Å². The summed E-state index contributed by atoms with van der Waals surface area (Å²) in [5.41, 5.74) is 0.667. The van der Waals surface area contributed by atoms with Gasteiger partial charge in [0.2, 0.25) is 0 Å². The Labute approximate surface area is 135 Å². The fraction of sp³-hybridized carbons (Fsp3) is 0.647. The lowest BCUT2D eigenvalue weighted by Crippen LogP contribution is -2.47. The molecule has 0 amide bonds. The lowest BCUT2D eigenvalue weighted by atomic mass is 9.65. The first-order chi connectivity index (χ1) is 12.4. The van der Waals surface area contributed by atoms with E-state index in [1.807, 2.05) is 7.05 Å². The van der Waals surface area contributed by atoms with Gasteiger partial charge in [0.15, 0.2) is 11.5 Å². The van der Waals surface area contributed by atoms with E-state index in [9.17, 15) is 5.11 Å². The van der Waals surface area contributed by atoms with Crippen molar-refractivity contribution in [3.8, 4) is 11.5 Å². The second-order valence-corrected chi connectivity index (χ2v) is 6.20. The third kappa shape index (κ3) is 2.30. The summed E-state index contributed by atoms with van der Waals surface area (Å²) < 4.78 is 54.1. The van der Waals surface area contributed by atoms with Crippen LogP contribution in [0.3, 0.4) is 0 Å². The maximum atomic E-state index is 10.1. The predicted molar refractivity (Wildman–Crippen MR) is 82.1 cm³/mol. The Morgan fingerprint density at radius 1 is 1.29 bits per heavy atom. The molecule has 116 valence electrons. The molecule has 0 spiro atoms. The van der Waals surface area contributed by atoms with Crippen LogP contribution in [0.25, 0.3) is 0 Å². The SMILES string of the molecule is [2H]C([2H])([2H])Oc1ccc([C@@]23CC[C@@H](O)C[C@@H]2N(C)CC3)cc1OC([2H])([2H])[2H]. The van der Waals surface area contributed by atoms with E-state index >= 15 is 0 Å². The number of ether oxygens (including phenoxy) is 2. The fourth-order valence-electron chi connectivity index (χ4n) is 4.08. The summed E-state index contributed by atoms with van der Waals surface area (Å²) in [7, 11) is -3.41. The van der Waals surface area contributed by atoms with Gasteiger partial charge in [0.1, 0.15) is 0 Å². The lowest BCUT2D eigenvalue weighted by Gasteiger charge is -2.43. The lowest BCUT2D eigenvalue weighted by molar-refractivity contribution is 0.0566. The van der Waals surface area contributed by atoms with Crippen molar-refractivity contribution in [2.75, 3.05) is 27.7 Å². The van der Waals surface area contributed by atoms with Gasteiger partial charge in [0.05, 0.1) is 28.4 Å². The number of hydrogen-bond donors (Lipinski definition) is 1. The Hall–Kier alpha value is -1.26. The van der Waals surface area contributed by atoms with Crippen molar-refractivity contribution in [1.82, 2.24) is 4.90 Å². The molecule has 4 heteroatoms. The third-order valence-corrected chi connectivity index (χ3v) is 5.24. The van der Waals surface area contributed by atoms with E-state index in [0.29, 0.717) is 12.8 Å². The van der Waals surface area contributed by atoms with E-state index in [1.165, 1.54) is 6.07 Å². The number of likely N-dealkylation sites (N-methyl/N-ethyl adjacent to an activating group) is 1. The Morgan fingerprint density at radius 2 is 2.10 bits per heavy atom. The summed E-state index contributed by atoms with van der Waals surface area (Å²) in [6, 6.07) is 4.99. The van der Waals surface area contributed by atoms with Gasteiger partial charge in [-0.25, -0.2) is 0 Å². The van der Waals surface area contributed by atoms with E-state index in [1.54, 1.807) is 12.1 Å². The molecule has 1 N–H and O–H groups in total. The molecule has 0 bridgehead atoms. The third-order valence-electron chi connectivity index (χ3n) is 5.24. The van der Waals surface area contributed by atoms with Crippen molar-refractivity contribution in [3.63, 3.8) is 0 Å². The first-order valence-electron chi connectivity index (χ1n) is 10.3. The maximum Gasteiger partial charge on any atom is 0.161 e. The van der Waals surface area contributed by atoms with E-state index in [0.717, 1.165) is 24.9 Å². The molecule has 4 nitrogen and oxygen atoms in total. The van der Waals surface area contributed by atoms with Gasteiger partial charge in [-0.05, 0) is 57.0 Å². The van der Waals surface area contributed by atoms with E-state index in [-0.39, 0.29) is 29.1 Å². The standard InChI is InChI=1S/C17H25NO3/c1-18-9-8-17(7-6-13(19)11-16(17)18)12-4-5-14(20-2)15(10-12)21-3/h4-5,10,13,16,19H,6-9,11H2,1-3H3/t13-,16+,17+/m1/s1/i2D3,3D3. The van der Waals surface area contributed by atoms with Crippen molar-refractivity contribution in [2.24, 2.45) is 0 Å². The second kappa shape index (κ2) is 5.50. The molecule has 3 rings (SSSR count). The first-order valence-corrected chi connectivity index (χ1v) is 7.30. The summed E-state index contributed by atoms with van der Waals surface area (Å²) in [5, 5.41) is 10.1. The molecule has 2 aliphatic rings. The van der Waals surface area contributed by atoms with Crippen LogP contribution in [0.1, 0.15) is 39.5 Å². The fourth-order valence-corrected chi connectivity index (χ4v) is 4.08. The smallest absolute Gasteiger partial charge is 0.161 e. The summed E-state index contributed by atoms with van der Waals surface area (Å²) in [4.78, 5) is 2.22. The van der Waals surface area contributed by atoms with Gasteiger partial charge in [-0.1, -0.05) is 6.07 Å². The maximum absolute atomic E-state index is 10.1. The van der Waals surface area contributed by atoms with Gasteiger partial charge >= 0.3 is 0 Å². The minimum atomic E-state index is -2.72. The van der Waals surface area contributed by atoms with Gasteiger partial charge in [-0.15, -0.1) is 0 Å². The van der Waals surface area contributed by atoms with Crippen molar-refractivity contribution < 1.29 is 22.8 Å². The number of hydrogen-bond acceptors (Lipinski definition) is 4. The zero-order valence-electron chi connectivity index (χ0n) is 18.1. The Bertz CT molecular complexity index is 692. The van der Waals surface area contributed by atoms with E-state index in [4.69, 9.17) is 17.7 Å². The molecular weight excluding hydrogens is 266 g/mol. The summed E-state index contributed by atoms with van der Waals surface area (Å²) >= 11 is 0. The van der Waals surface area contributed by atoms with Crippen LogP contribution < -0.4 is 9.47 Å². The van der Waals surface area contributed by atoms with Crippen LogP contribution in [0.4, 0.5) is 0 Å². The highest BCUT2D eigenvalue weighted by Gasteiger charge is 2.50. The number of nitrogens with zero attached hydrogens (tertiary/aromatic N) is 1. The highest BCUT2D eigenvalue weighted by molar-refractivity contribution is 5.46. The van der Waals surface area contributed by atoms with Crippen LogP contribution in [-0.2, 0) is 5.41 Å². The van der Waals surface area contributed by atoms with Crippen LogP contribution in [-0.4, -0.2) is 49.8 Å². The van der Waals surface area contributed by atoms with E-state index in [2.05, 4.69) is 4.90 Å². The van der Waals surface area contributed by atoms with Crippen LogP contribution in [0.5, 0.6) is 11.5 Å². The van der Waals surface area contributed by atoms with Crippen LogP contribution >= 0.6 is 0 Å². The molecule has 1 aromatic rings. The van der Waals surface area contributed by atoms with Gasteiger partial charge in [-0.3, -0.25) is 0 Å². The Kier molecular flexibility index (Phi) is 2.36. The van der Waals surface area contributed by atoms with Crippen molar-refractivity contribution in [2.45, 2.75) is 43.2 Å². The molecule has 0 unspecified atom stereocenters. The number of likely N-dealkylation sites (tertiary alicyclic amines) is 1. The largest absolute Gasteiger partial charge is 0.493 e. The molecule has 1 aliphatic carbocycles. The summed E-state index contributed by atoms with van der Waals surface area (Å²) in [5.74, 6) is -0.220. The zero-order valence-corrected chi connectivity index (χ0v) is 12.1. The average molecular weight is 297 g/mol. The number of benzene rings is 1.